The zero-order chi connectivity index (χ0) is 21.6. The normalized spacial score (nSPS) is 16.2. The molecule has 1 aromatic carbocycles. The van der Waals surface area contributed by atoms with E-state index in [2.05, 4.69) is 28.9 Å². The van der Waals surface area contributed by atoms with Gasteiger partial charge < -0.3 is 24.7 Å². The van der Waals surface area contributed by atoms with Crippen molar-refractivity contribution in [3.8, 4) is 17.6 Å². The molecule has 1 atom stereocenters. The van der Waals surface area contributed by atoms with E-state index in [4.69, 9.17) is 24.7 Å². The Labute approximate surface area is 179 Å². The van der Waals surface area contributed by atoms with E-state index in [9.17, 15) is 10.1 Å². The molecule has 1 unspecified atom stereocenters. The number of nitriles is 1. The van der Waals surface area contributed by atoms with E-state index >= 15 is 0 Å². The summed E-state index contributed by atoms with van der Waals surface area (Å²) in [7, 11) is 1.53. The highest BCUT2D eigenvalue weighted by molar-refractivity contribution is 9.10. The van der Waals surface area contributed by atoms with Gasteiger partial charge in [-0.1, -0.05) is 29.3 Å². The Bertz CT molecular complexity index is 886. The van der Waals surface area contributed by atoms with Crippen LogP contribution in [0, 0.1) is 11.3 Å². The second-order valence-electron chi connectivity index (χ2n) is 6.34. The SMILES string of the molecule is CCCCOc1cc(Br)c(C2C(C#N)=C(N)OC(C)=C2C(=O)OCC)cc1OC. The molecule has 0 saturated heterocycles. The molecule has 0 fully saturated rings. The molecular formula is C21H25BrN2O5. The van der Waals surface area contributed by atoms with Crippen LogP contribution in [0.1, 0.15) is 45.1 Å². The minimum absolute atomic E-state index is 0.0443. The predicted octanol–water partition coefficient (Wildman–Crippen LogP) is 4.28. The van der Waals surface area contributed by atoms with Gasteiger partial charge in [0.2, 0.25) is 5.88 Å². The van der Waals surface area contributed by atoms with Crippen molar-refractivity contribution in [1.29, 1.82) is 5.26 Å². The fourth-order valence-electron chi connectivity index (χ4n) is 3.04. The van der Waals surface area contributed by atoms with Gasteiger partial charge in [0, 0.05) is 4.47 Å². The number of halogens is 1. The number of nitrogens with two attached hydrogens (primary N) is 1. The number of unbranched alkanes of at least 4 members (excludes halogenated alkanes) is 1. The van der Waals surface area contributed by atoms with Crippen LogP contribution in [0.5, 0.6) is 11.5 Å². The summed E-state index contributed by atoms with van der Waals surface area (Å²) in [6, 6.07) is 5.57. The van der Waals surface area contributed by atoms with Crippen LogP contribution in [0.15, 0.2) is 39.4 Å². The molecule has 1 aromatic rings. The number of allylic oxidation sites excluding steroid dienone is 2. The van der Waals surface area contributed by atoms with Crippen molar-refractivity contribution in [2.45, 2.75) is 39.5 Å². The Hall–Kier alpha value is -2.66. The molecule has 1 heterocycles. The number of esters is 1. The zero-order valence-electron chi connectivity index (χ0n) is 17.0. The number of nitrogens with zero attached hydrogens (tertiary/aromatic N) is 1. The van der Waals surface area contributed by atoms with Gasteiger partial charge in [-0.2, -0.15) is 5.26 Å². The molecule has 0 spiro atoms. The van der Waals surface area contributed by atoms with Gasteiger partial charge in [0.05, 0.1) is 31.8 Å². The summed E-state index contributed by atoms with van der Waals surface area (Å²) in [6.07, 6.45) is 1.92. The maximum absolute atomic E-state index is 12.7. The van der Waals surface area contributed by atoms with E-state index in [1.807, 2.05) is 0 Å². The Morgan fingerprint density at radius 2 is 2.07 bits per heavy atom. The van der Waals surface area contributed by atoms with Gasteiger partial charge in [0.25, 0.3) is 0 Å². The fourth-order valence-corrected chi connectivity index (χ4v) is 3.59. The predicted molar refractivity (Wildman–Crippen MR) is 111 cm³/mol. The van der Waals surface area contributed by atoms with Gasteiger partial charge in [-0.15, -0.1) is 0 Å². The number of carbonyl (C=O) groups is 1. The molecule has 0 amide bonds. The molecule has 8 heteroatoms. The smallest absolute Gasteiger partial charge is 0.338 e. The lowest BCUT2D eigenvalue weighted by molar-refractivity contribution is -0.139. The van der Waals surface area contributed by atoms with Crippen LogP contribution in [0.25, 0.3) is 0 Å². The molecule has 2 N–H and O–H groups in total. The Balaban J connectivity index is 2.61. The van der Waals surface area contributed by atoms with Crippen LogP contribution in [0.3, 0.4) is 0 Å². The van der Waals surface area contributed by atoms with Crippen molar-refractivity contribution in [3.63, 3.8) is 0 Å². The molecule has 2 rings (SSSR count). The van der Waals surface area contributed by atoms with Crippen molar-refractivity contribution in [2.24, 2.45) is 5.73 Å². The summed E-state index contributed by atoms with van der Waals surface area (Å²) in [5.74, 6) is -0.0265. The summed E-state index contributed by atoms with van der Waals surface area (Å²) in [4.78, 5) is 12.7. The third-order valence-electron chi connectivity index (χ3n) is 4.45. The first-order chi connectivity index (χ1) is 13.9. The molecular weight excluding hydrogens is 440 g/mol. The first-order valence-electron chi connectivity index (χ1n) is 9.35. The van der Waals surface area contributed by atoms with Crippen LogP contribution < -0.4 is 15.2 Å². The van der Waals surface area contributed by atoms with E-state index in [1.54, 1.807) is 26.0 Å². The zero-order valence-corrected chi connectivity index (χ0v) is 18.6. The molecule has 0 radical (unpaired) electrons. The van der Waals surface area contributed by atoms with Crippen LogP contribution in [0.2, 0.25) is 0 Å². The number of benzene rings is 1. The fraction of sp³-hybridized carbons (Fsp3) is 0.429. The summed E-state index contributed by atoms with van der Waals surface area (Å²) in [5, 5.41) is 9.71. The summed E-state index contributed by atoms with van der Waals surface area (Å²) >= 11 is 3.54. The number of methoxy groups -OCH3 is 1. The third-order valence-corrected chi connectivity index (χ3v) is 5.14. The van der Waals surface area contributed by atoms with Crippen LogP contribution in [-0.4, -0.2) is 26.3 Å². The van der Waals surface area contributed by atoms with E-state index in [0.717, 1.165) is 12.8 Å². The monoisotopic (exact) mass is 464 g/mol. The average molecular weight is 465 g/mol. The molecule has 7 nitrogen and oxygen atoms in total. The molecule has 0 bridgehead atoms. The van der Waals surface area contributed by atoms with E-state index in [-0.39, 0.29) is 23.6 Å². The maximum atomic E-state index is 12.7. The highest BCUT2D eigenvalue weighted by atomic mass is 79.9. The largest absolute Gasteiger partial charge is 0.493 e. The van der Waals surface area contributed by atoms with Crippen molar-refractivity contribution >= 4 is 21.9 Å². The average Bonchev–Trinajstić information content (AvgIpc) is 2.68. The molecule has 0 aliphatic carbocycles. The van der Waals surface area contributed by atoms with Gasteiger partial charge >= 0.3 is 5.97 Å². The van der Waals surface area contributed by atoms with Gasteiger partial charge in [0.1, 0.15) is 17.4 Å². The molecule has 1 aliphatic heterocycles. The lowest BCUT2D eigenvalue weighted by atomic mass is 9.83. The number of ether oxygens (including phenoxy) is 4. The van der Waals surface area contributed by atoms with E-state index < -0.39 is 11.9 Å². The molecule has 156 valence electrons. The standard InChI is InChI=1S/C21H25BrN2O5/c1-5-7-8-28-17-10-15(22)13(9-16(17)26-4)19-14(11-23)20(24)29-12(3)18(19)21(25)27-6-2/h9-10,19H,5-8,24H2,1-4H3. The lowest BCUT2D eigenvalue weighted by Crippen LogP contribution is -2.25. The van der Waals surface area contributed by atoms with Crippen LogP contribution >= 0.6 is 15.9 Å². The molecule has 0 saturated carbocycles. The van der Waals surface area contributed by atoms with Crippen LogP contribution in [-0.2, 0) is 14.3 Å². The highest BCUT2D eigenvalue weighted by Crippen LogP contribution is 2.45. The Morgan fingerprint density at radius 1 is 1.34 bits per heavy atom. The summed E-state index contributed by atoms with van der Waals surface area (Å²) in [6.45, 7) is 6.16. The van der Waals surface area contributed by atoms with E-state index in [1.165, 1.54) is 7.11 Å². The van der Waals surface area contributed by atoms with Gasteiger partial charge in [-0.05, 0) is 38.0 Å². The van der Waals surface area contributed by atoms with Crippen molar-refractivity contribution in [3.05, 3.63) is 45.0 Å². The number of rotatable bonds is 8. The third kappa shape index (κ3) is 4.85. The van der Waals surface area contributed by atoms with Crippen LogP contribution in [0.4, 0.5) is 0 Å². The topological polar surface area (TPSA) is 104 Å². The maximum Gasteiger partial charge on any atom is 0.338 e. The van der Waals surface area contributed by atoms with E-state index in [0.29, 0.717) is 33.9 Å². The summed E-state index contributed by atoms with van der Waals surface area (Å²) < 4.78 is 22.6. The molecule has 0 aromatic heterocycles. The van der Waals surface area contributed by atoms with Gasteiger partial charge in [-0.3, -0.25) is 0 Å². The number of carbonyl (C=O) groups excluding carboxylic acids is 1. The first kappa shape index (κ1) is 22.6. The highest BCUT2D eigenvalue weighted by Gasteiger charge is 2.37. The van der Waals surface area contributed by atoms with Crippen molar-refractivity contribution in [1.82, 2.24) is 0 Å². The quantitative estimate of drug-likeness (QED) is 0.451. The van der Waals surface area contributed by atoms with Crippen molar-refractivity contribution in [2.75, 3.05) is 20.3 Å². The molecule has 1 aliphatic rings. The number of hydrogen-bond acceptors (Lipinski definition) is 7. The van der Waals surface area contributed by atoms with Gasteiger partial charge in [0.15, 0.2) is 11.5 Å². The minimum Gasteiger partial charge on any atom is -0.493 e. The second-order valence-corrected chi connectivity index (χ2v) is 7.20. The van der Waals surface area contributed by atoms with Gasteiger partial charge in [-0.25, -0.2) is 4.79 Å². The lowest BCUT2D eigenvalue weighted by Gasteiger charge is -2.28. The Morgan fingerprint density at radius 3 is 2.66 bits per heavy atom. The molecule has 29 heavy (non-hydrogen) atoms. The first-order valence-corrected chi connectivity index (χ1v) is 10.1. The Kier molecular flexibility index (Phi) is 7.97. The van der Waals surface area contributed by atoms with Crippen molar-refractivity contribution < 1.29 is 23.7 Å². The second kappa shape index (κ2) is 10.2. The minimum atomic E-state index is -0.763. The summed E-state index contributed by atoms with van der Waals surface area (Å²) in [5.41, 5.74) is 6.92. The number of hydrogen-bond donors (Lipinski definition) is 1.